The number of allylic oxidation sites excluding steroid dienone is 3. The minimum absolute atomic E-state index is 0.647. The van der Waals surface area contributed by atoms with Crippen LogP contribution in [-0.2, 0) is 4.74 Å². The van der Waals surface area contributed by atoms with Crippen LogP contribution in [0.1, 0.15) is 26.7 Å². The third kappa shape index (κ3) is 9.09. The summed E-state index contributed by atoms with van der Waals surface area (Å²) in [7, 11) is 0. The molecule has 0 atom stereocenters. The minimum Gasteiger partial charge on any atom is -0.377 e. The van der Waals surface area contributed by atoms with Crippen molar-refractivity contribution in [2.75, 3.05) is 13.2 Å². The van der Waals surface area contributed by atoms with Gasteiger partial charge in [-0.25, -0.2) is 0 Å². The molecule has 0 aromatic heterocycles. The summed E-state index contributed by atoms with van der Waals surface area (Å²) in [6.07, 6.45) is 10.2. The Hall–Kier alpha value is -0.820. The molecule has 0 rings (SSSR count). The van der Waals surface area contributed by atoms with Crippen LogP contribution in [0, 0.1) is 0 Å². The van der Waals surface area contributed by atoms with Crippen LogP contribution in [0.25, 0.3) is 0 Å². The zero-order valence-electron chi connectivity index (χ0n) is 8.75. The summed E-state index contributed by atoms with van der Waals surface area (Å²) in [6.45, 7) is 9.51. The van der Waals surface area contributed by atoms with E-state index in [0.29, 0.717) is 6.61 Å². The average Bonchev–Trinajstić information content (AvgIpc) is 2.13. The van der Waals surface area contributed by atoms with Gasteiger partial charge in [-0.3, -0.25) is 0 Å². The molecule has 0 saturated carbocycles. The molecule has 0 heterocycles. The molecule has 1 nitrogen and oxygen atoms in total. The highest BCUT2D eigenvalue weighted by atomic mass is 16.5. The van der Waals surface area contributed by atoms with Gasteiger partial charge in [-0.05, 0) is 18.9 Å². The van der Waals surface area contributed by atoms with E-state index in [0.717, 1.165) is 18.6 Å². The number of hydrogen-bond donors (Lipinski definition) is 0. The second-order valence-electron chi connectivity index (χ2n) is 2.95. The van der Waals surface area contributed by atoms with Crippen molar-refractivity contribution in [3.05, 3.63) is 36.5 Å². The van der Waals surface area contributed by atoms with Crippen LogP contribution in [0.5, 0.6) is 0 Å². The van der Waals surface area contributed by atoms with Crippen molar-refractivity contribution in [1.82, 2.24) is 0 Å². The fraction of sp³-hybridized carbons (Fsp3) is 0.500. The van der Waals surface area contributed by atoms with Crippen molar-refractivity contribution in [3.63, 3.8) is 0 Å². The molecule has 0 aliphatic rings. The van der Waals surface area contributed by atoms with Crippen molar-refractivity contribution in [2.45, 2.75) is 26.7 Å². The Morgan fingerprint density at radius 2 is 2.15 bits per heavy atom. The number of rotatable bonds is 7. The first-order valence-corrected chi connectivity index (χ1v) is 4.86. The van der Waals surface area contributed by atoms with Crippen LogP contribution in [0.3, 0.4) is 0 Å². The highest BCUT2D eigenvalue weighted by molar-refractivity contribution is 5.19. The van der Waals surface area contributed by atoms with Gasteiger partial charge in [-0.1, -0.05) is 44.2 Å². The molecular formula is C12H20O. The van der Waals surface area contributed by atoms with Crippen LogP contribution in [0.4, 0.5) is 0 Å². The van der Waals surface area contributed by atoms with E-state index in [-0.39, 0.29) is 0 Å². The normalized spacial score (nSPS) is 11.5. The van der Waals surface area contributed by atoms with Crippen LogP contribution >= 0.6 is 0 Å². The lowest BCUT2D eigenvalue weighted by atomic mass is 10.3. The molecule has 0 amide bonds. The maximum atomic E-state index is 5.39. The topological polar surface area (TPSA) is 9.23 Å². The molecule has 0 aliphatic heterocycles. The lowest BCUT2D eigenvalue weighted by molar-refractivity contribution is 0.155. The SMILES string of the molecule is C=C(/C=C\C=C/C)COCCCC. The van der Waals surface area contributed by atoms with Crippen molar-refractivity contribution in [3.8, 4) is 0 Å². The Morgan fingerprint density at radius 1 is 1.38 bits per heavy atom. The van der Waals surface area contributed by atoms with Crippen LogP contribution in [0.15, 0.2) is 36.5 Å². The first-order valence-electron chi connectivity index (χ1n) is 4.86. The van der Waals surface area contributed by atoms with Gasteiger partial charge in [0.2, 0.25) is 0 Å². The molecule has 0 bridgehead atoms. The molecule has 74 valence electrons. The average molecular weight is 180 g/mol. The highest BCUT2D eigenvalue weighted by Crippen LogP contribution is 1.96. The number of ether oxygens (including phenoxy) is 1. The van der Waals surface area contributed by atoms with Gasteiger partial charge in [0.25, 0.3) is 0 Å². The van der Waals surface area contributed by atoms with Crippen molar-refractivity contribution < 1.29 is 4.74 Å². The standard InChI is InChI=1S/C12H20O/c1-4-6-8-9-12(3)11-13-10-7-5-2/h4,6,8-9H,3,5,7,10-11H2,1-2H3/b6-4-,9-8-. The molecule has 0 spiro atoms. The predicted octanol–water partition coefficient (Wildman–Crippen LogP) is 3.49. The van der Waals surface area contributed by atoms with Gasteiger partial charge in [-0.2, -0.15) is 0 Å². The van der Waals surface area contributed by atoms with Crippen molar-refractivity contribution >= 4 is 0 Å². The van der Waals surface area contributed by atoms with E-state index in [4.69, 9.17) is 4.74 Å². The van der Waals surface area contributed by atoms with E-state index >= 15 is 0 Å². The van der Waals surface area contributed by atoms with Crippen LogP contribution in [0.2, 0.25) is 0 Å². The largest absolute Gasteiger partial charge is 0.377 e. The summed E-state index contributed by atoms with van der Waals surface area (Å²) in [6, 6.07) is 0. The maximum Gasteiger partial charge on any atom is 0.0711 e. The van der Waals surface area contributed by atoms with Crippen molar-refractivity contribution in [1.29, 1.82) is 0 Å². The van der Waals surface area contributed by atoms with Gasteiger partial charge in [0.1, 0.15) is 0 Å². The Morgan fingerprint density at radius 3 is 2.77 bits per heavy atom. The van der Waals surface area contributed by atoms with Gasteiger partial charge >= 0.3 is 0 Å². The second-order valence-corrected chi connectivity index (χ2v) is 2.95. The summed E-state index contributed by atoms with van der Waals surface area (Å²) >= 11 is 0. The van der Waals surface area contributed by atoms with Gasteiger partial charge < -0.3 is 4.74 Å². The van der Waals surface area contributed by atoms with Gasteiger partial charge in [0.15, 0.2) is 0 Å². The lowest BCUT2D eigenvalue weighted by Crippen LogP contribution is -1.97. The van der Waals surface area contributed by atoms with Gasteiger partial charge in [0.05, 0.1) is 6.61 Å². The Balaban J connectivity index is 3.40. The molecular weight excluding hydrogens is 160 g/mol. The van der Waals surface area contributed by atoms with Crippen molar-refractivity contribution in [2.24, 2.45) is 0 Å². The first kappa shape index (κ1) is 12.2. The summed E-state index contributed by atoms with van der Waals surface area (Å²) in [5, 5.41) is 0. The second kappa shape index (κ2) is 9.27. The monoisotopic (exact) mass is 180 g/mol. The lowest BCUT2D eigenvalue weighted by Gasteiger charge is -2.01. The van der Waals surface area contributed by atoms with Crippen LogP contribution < -0.4 is 0 Å². The third-order valence-electron chi connectivity index (χ3n) is 1.57. The summed E-state index contributed by atoms with van der Waals surface area (Å²) in [5.41, 5.74) is 1.02. The molecule has 0 unspecified atom stereocenters. The highest BCUT2D eigenvalue weighted by Gasteiger charge is 1.88. The number of unbranched alkanes of at least 4 members (excludes halogenated alkanes) is 1. The van der Waals surface area contributed by atoms with E-state index in [1.165, 1.54) is 6.42 Å². The Bertz CT molecular complexity index is 178. The fourth-order valence-electron chi connectivity index (χ4n) is 0.801. The minimum atomic E-state index is 0.647. The smallest absolute Gasteiger partial charge is 0.0711 e. The molecule has 0 aromatic carbocycles. The predicted molar refractivity (Wildman–Crippen MR) is 58.8 cm³/mol. The Kier molecular flexibility index (Phi) is 8.68. The zero-order valence-corrected chi connectivity index (χ0v) is 8.75. The quantitative estimate of drug-likeness (QED) is 0.430. The van der Waals surface area contributed by atoms with E-state index in [1.54, 1.807) is 0 Å². The molecule has 1 heteroatoms. The van der Waals surface area contributed by atoms with Gasteiger partial charge in [-0.15, -0.1) is 0 Å². The molecule has 13 heavy (non-hydrogen) atoms. The van der Waals surface area contributed by atoms with Gasteiger partial charge in [0, 0.05) is 6.61 Å². The van der Waals surface area contributed by atoms with E-state index in [1.807, 2.05) is 31.2 Å². The molecule has 0 N–H and O–H groups in total. The molecule has 0 aromatic rings. The summed E-state index contributed by atoms with van der Waals surface area (Å²) in [5.74, 6) is 0. The number of hydrogen-bond acceptors (Lipinski definition) is 1. The van der Waals surface area contributed by atoms with E-state index in [2.05, 4.69) is 13.5 Å². The molecule has 0 fully saturated rings. The summed E-state index contributed by atoms with van der Waals surface area (Å²) < 4.78 is 5.39. The zero-order chi connectivity index (χ0) is 9.94. The fourth-order valence-corrected chi connectivity index (χ4v) is 0.801. The third-order valence-corrected chi connectivity index (χ3v) is 1.57. The van der Waals surface area contributed by atoms with Crippen LogP contribution in [-0.4, -0.2) is 13.2 Å². The maximum absolute atomic E-state index is 5.39. The van der Waals surface area contributed by atoms with E-state index in [9.17, 15) is 0 Å². The van der Waals surface area contributed by atoms with E-state index < -0.39 is 0 Å². The summed E-state index contributed by atoms with van der Waals surface area (Å²) in [4.78, 5) is 0. The molecule has 0 saturated heterocycles. The Labute approximate surface area is 81.8 Å². The molecule has 0 aliphatic carbocycles. The first-order chi connectivity index (χ1) is 6.31. The molecule has 0 radical (unpaired) electrons.